The summed E-state index contributed by atoms with van der Waals surface area (Å²) < 4.78 is 30.5. The van der Waals surface area contributed by atoms with Gasteiger partial charge in [0.05, 0.1) is 18.6 Å². The minimum Gasteiger partial charge on any atom is -0.497 e. The maximum atomic E-state index is 12.4. The summed E-state index contributed by atoms with van der Waals surface area (Å²) in [6.07, 6.45) is 2.22. The molecule has 0 bridgehead atoms. The van der Waals surface area contributed by atoms with E-state index in [-0.39, 0.29) is 24.1 Å². The van der Waals surface area contributed by atoms with Gasteiger partial charge in [0, 0.05) is 54.9 Å². The van der Waals surface area contributed by atoms with Crippen molar-refractivity contribution >= 4 is 32.7 Å². The van der Waals surface area contributed by atoms with Crippen molar-refractivity contribution in [1.29, 1.82) is 0 Å². The van der Waals surface area contributed by atoms with Crippen LogP contribution in [0.25, 0.3) is 10.9 Å². The first-order chi connectivity index (χ1) is 15.2. The van der Waals surface area contributed by atoms with E-state index < -0.39 is 27.8 Å². The van der Waals surface area contributed by atoms with Crippen molar-refractivity contribution in [3.8, 4) is 5.75 Å². The molecule has 3 heterocycles. The molecule has 2 aliphatic rings. The monoisotopic (exact) mass is 465 g/mol. The Kier molecular flexibility index (Phi) is 6.15. The number of ether oxygens (including phenoxy) is 1. The van der Waals surface area contributed by atoms with E-state index in [9.17, 15) is 28.2 Å². The highest BCUT2D eigenvalue weighted by atomic mass is 32.2. The SMILES string of the molecule is COc1ccc2c(c1)c([C@H](C(=O)O)N1CCN([C@@H]3CCS(=O)(=O)C3)CC1)cn2CC(=O)O. The van der Waals surface area contributed by atoms with Crippen molar-refractivity contribution in [2.45, 2.75) is 25.0 Å². The molecule has 174 valence electrons. The molecular formula is C21H27N3O7S. The lowest BCUT2D eigenvalue weighted by atomic mass is 10.0. The molecule has 2 saturated heterocycles. The fraction of sp³-hybridized carbons (Fsp3) is 0.524. The maximum Gasteiger partial charge on any atom is 0.325 e. The molecule has 2 N–H and O–H groups in total. The Morgan fingerprint density at radius 3 is 2.47 bits per heavy atom. The van der Waals surface area contributed by atoms with Crippen LogP contribution in [0.1, 0.15) is 18.0 Å². The summed E-state index contributed by atoms with van der Waals surface area (Å²) >= 11 is 0. The molecule has 32 heavy (non-hydrogen) atoms. The molecule has 1 aromatic heterocycles. The predicted octanol–water partition coefficient (Wildman–Crippen LogP) is 0.665. The third-order valence-corrected chi connectivity index (χ3v) is 8.14. The Morgan fingerprint density at radius 1 is 1.19 bits per heavy atom. The number of benzene rings is 1. The number of aliphatic carboxylic acids is 2. The van der Waals surface area contributed by atoms with E-state index in [1.54, 1.807) is 29.0 Å². The first kappa shape index (κ1) is 22.6. The number of carbonyl (C=O) groups is 2. The summed E-state index contributed by atoms with van der Waals surface area (Å²) in [5.74, 6) is -1.10. The lowest BCUT2D eigenvalue weighted by Crippen LogP contribution is -2.52. The highest BCUT2D eigenvalue weighted by molar-refractivity contribution is 7.91. The largest absolute Gasteiger partial charge is 0.497 e. The quantitative estimate of drug-likeness (QED) is 0.606. The smallest absolute Gasteiger partial charge is 0.325 e. The van der Waals surface area contributed by atoms with Gasteiger partial charge in [-0.1, -0.05) is 0 Å². The lowest BCUT2D eigenvalue weighted by molar-refractivity contribution is -0.144. The Bertz CT molecular complexity index is 1140. The number of aromatic nitrogens is 1. The molecule has 2 aliphatic heterocycles. The van der Waals surface area contributed by atoms with Crippen LogP contribution in [0, 0.1) is 0 Å². The number of hydrogen-bond acceptors (Lipinski definition) is 7. The summed E-state index contributed by atoms with van der Waals surface area (Å²) in [7, 11) is -1.46. The molecule has 0 unspecified atom stereocenters. The summed E-state index contributed by atoms with van der Waals surface area (Å²) in [4.78, 5) is 27.7. The van der Waals surface area contributed by atoms with Gasteiger partial charge in [0.25, 0.3) is 0 Å². The number of piperazine rings is 1. The summed E-state index contributed by atoms with van der Waals surface area (Å²) in [6, 6.07) is 4.23. The van der Waals surface area contributed by atoms with Gasteiger partial charge < -0.3 is 19.5 Å². The minimum absolute atomic E-state index is 0.00725. The summed E-state index contributed by atoms with van der Waals surface area (Å²) in [5, 5.41) is 20.0. The zero-order valence-corrected chi connectivity index (χ0v) is 18.6. The number of fused-ring (bicyclic) bond motifs is 1. The summed E-state index contributed by atoms with van der Waals surface area (Å²) in [6.45, 7) is 1.84. The van der Waals surface area contributed by atoms with Crippen LogP contribution in [0.3, 0.4) is 0 Å². The van der Waals surface area contributed by atoms with Crippen LogP contribution >= 0.6 is 0 Å². The van der Waals surface area contributed by atoms with Crippen molar-refractivity contribution in [2.75, 3.05) is 44.8 Å². The average molecular weight is 466 g/mol. The number of sulfone groups is 1. The molecule has 0 spiro atoms. The third-order valence-electron chi connectivity index (χ3n) is 6.39. The van der Waals surface area contributed by atoms with E-state index >= 15 is 0 Å². The lowest BCUT2D eigenvalue weighted by Gasteiger charge is -2.40. The number of nitrogens with zero attached hydrogens (tertiary/aromatic N) is 3. The normalized spacial score (nSPS) is 22.7. The average Bonchev–Trinajstić information content (AvgIpc) is 3.27. The molecule has 10 nitrogen and oxygen atoms in total. The summed E-state index contributed by atoms with van der Waals surface area (Å²) in [5.41, 5.74) is 1.15. The van der Waals surface area contributed by atoms with E-state index in [0.29, 0.717) is 54.8 Å². The van der Waals surface area contributed by atoms with Crippen LogP contribution in [0.2, 0.25) is 0 Å². The van der Waals surface area contributed by atoms with E-state index in [0.717, 1.165) is 0 Å². The molecule has 2 aromatic rings. The molecule has 0 amide bonds. The standard InChI is InChI=1S/C21H27N3O7S/c1-31-15-2-3-18-16(10-15)17(11-24(18)12-19(25)26)20(21(27)28)23-7-5-22(6-8-23)14-4-9-32(29,30)13-14/h2-3,10-11,14,20H,4-9,12-13H2,1H3,(H,25,26)(H,27,28)/t14-,20-/m1/s1. The zero-order valence-electron chi connectivity index (χ0n) is 17.8. The predicted molar refractivity (Wildman–Crippen MR) is 117 cm³/mol. The van der Waals surface area contributed by atoms with Crippen LogP contribution < -0.4 is 4.74 Å². The molecule has 11 heteroatoms. The molecule has 1 aromatic carbocycles. The highest BCUT2D eigenvalue weighted by Gasteiger charge is 2.37. The molecule has 0 radical (unpaired) electrons. The van der Waals surface area contributed by atoms with Crippen molar-refractivity contribution in [1.82, 2.24) is 14.4 Å². The minimum atomic E-state index is -2.98. The molecule has 0 aliphatic carbocycles. The van der Waals surface area contributed by atoms with Crippen LogP contribution in [-0.4, -0.2) is 95.8 Å². The van der Waals surface area contributed by atoms with Crippen molar-refractivity contribution in [2.24, 2.45) is 0 Å². The first-order valence-electron chi connectivity index (χ1n) is 10.5. The fourth-order valence-corrected chi connectivity index (χ4v) is 6.60. The van der Waals surface area contributed by atoms with E-state index in [2.05, 4.69) is 4.90 Å². The van der Waals surface area contributed by atoms with Gasteiger partial charge in [-0.15, -0.1) is 0 Å². The molecule has 2 atom stereocenters. The van der Waals surface area contributed by atoms with Gasteiger partial charge in [-0.3, -0.25) is 19.4 Å². The van der Waals surface area contributed by atoms with E-state index in [1.165, 1.54) is 7.11 Å². The Morgan fingerprint density at radius 2 is 1.91 bits per heavy atom. The van der Waals surface area contributed by atoms with E-state index in [1.807, 2.05) is 4.90 Å². The van der Waals surface area contributed by atoms with Gasteiger partial charge in [-0.25, -0.2) is 8.42 Å². The van der Waals surface area contributed by atoms with Crippen LogP contribution in [0.4, 0.5) is 0 Å². The number of carboxylic acids is 2. The number of hydrogen-bond donors (Lipinski definition) is 2. The Balaban J connectivity index is 1.62. The zero-order chi connectivity index (χ0) is 23.0. The van der Waals surface area contributed by atoms with Crippen LogP contribution in [-0.2, 0) is 26.0 Å². The third kappa shape index (κ3) is 4.45. The molecular weight excluding hydrogens is 438 g/mol. The maximum absolute atomic E-state index is 12.4. The Labute approximate surface area is 185 Å². The molecule has 2 fully saturated rings. The van der Waals surface area contributed by atoms with Gasteiger partial charge >= 0.3 is 11.9 Å². The molecule has 4 rings (SSSR count). The number of methoxy groups -OCH3 is 1. The van der Waals surface area contributed by atoms with Gasteiger partial charge in [-0.2, -0.15) is 0 Å². The second-order valence-electron chi connectivity index (χ2n) is 8.36. The topological polar surface area (TPSA) is 129 Å². The van der Waals surface area contributed by atoms with Crippen molar-refractivity contribution in [3.05, 3.63) is 30.0 Å². The first-order valence-corrected chi connectivity index (χ1v) is 12.3. The van der Waals surface area contributed by atoms with Gasteiger partial charge in [0.15, 0.2) is 9.84 Å². The number of carboxylic acid groups (broad SMARTS) is 2. The highest BCUT2D eigenvalue weighted by Crippen LogP contribution is 2.34. The van der Waals surface area contributed by atoms with Crippen LogP contribution in [0.15, 0.2) is 24.4 Å². The number of rotatable bonds is 7. The van der Waals surface area contributed by atoms with Gasteiger partial charge in [-0.05, 0) is 24.6 Å². The van der Waals surface area contributed by atoms with Gasteiger partial charge in [0.2, 0.25) is 0 Å². The Hall–Kier alpha value is -2.63. The van der Waals surface area contributed by atoms with E-state index in [4.69, 9.17) is 4.74 Å². The second-order valence-corrected chi connectivity index (χ2v) is 10.6. The molecule has 0 saturated carbocycles. The van der Waals surface area contributed by atoms with Crippen molar-refractivity contribution < 1.29 is 33.0 Å². The van der Waals surface area contributed by atoms with Gasteiger partial charge in [0.1, 0.15) is 18.3 Å². The van der Waals surface area contributed by atoms with Crippen LogP contribution in [0.5, 0.6) is 5.75 Å². The second kappa shape index (κ2) is 8.72. The fourth-order valence-electron chi connectivity index (χ4n) is 4.84. The van der Waals surface area contributed by atoms with Crippen molar-refractivity contribution in [3.63, 3.8) is 0 Å².